The molecule has 2 atom stereocenters. The Morgan fingerprint density at radius 2 is 2.25 bits per heavy atom. The molecule has 1 aromatic rings. The highest BCUT2D eigenvalue weighted by Crippen LogP contribution is 2.27. The van der Waals surface area contributed by atoms with Gasteiger partial charge in [0.2, 0.25) is 5.91 Å². The third-order valence-corrected chi connectivity index (χ3v) is 3.62. The quantitative estimate of drug-likeness (QED) is 0.908. The normalized spacial score (nSPS) is 23.4. The van der Waals surface area contributed by atoms with Gasteiger partial charge in [-0.2, -0.15) is 18.3 Å². The predicted octanol–water partition coefficient (Wildman–Crippen LogP) is 1.13. The highest BCUT2D eigenvalue weighted by atomic mass is 19.4. The van der Waals surface area contributed by atoms with Crippen molar-refractivity contribution in [3.05, 3.63) is 18.0 Å². The molecule has 0 spiro atoms. The van der Waals surface area contributed by atoms with Gasteiger partial charge in [-0.15, -0.1) is 0 Å². The average Bonchev–Trinajstić information content (AvgIpc) is 2.94. The van der Waals surface area contributed by atoms with Gasteiger partial charge in [0.1, 0.15) is 6.54 Å². The maximum atomic E-state index is 12.4. The first-order chi connectivity index (χ1) is 9.32. The van der Waals surface area contributed by atoms with Crippen LogP contribution < -0.4 is 0 Å². The smallest absolute Gasteiger partial charge is 0.394 e. The van der Waals surface area contributed by atoms with Crippen molar-refractivity contribution in [2.24, 2.45) is 5.92 Å². The number of carbonyl (C=O) groups excluding carboxylic acids is 1. The highest BCUT2D eigenvalue weighted by Gasteiger charge is 2.35. The van der Waals surface area contributed by atoms with Crippen molar-refractivity contribution >= 4 is 5.91 Å². The number of hydrogen-bond donors (Lipinski definition) is 1. The first kappa shape index (κ1) is 14.8. The number of rotatable bonds is 3. The number of amides is 1. The predicted molar refractivity (Wildman–Crippen MR) is 63.6 cm³/mol. The number of carbonyl (C=O) groups is 1. The van der Waals surface area contributed by atoms with Gasteiger partial charge in [0.25, 0.3) is 0 Å². The van der Waals surface area contributed by atoms with E-state index in [1.807, 2.05) is 6.92 Å². The zero-order valence-corrected chi connectivity index (χ0v) is 11.0. The van der Waals surface area contributed by atoms with Crippen molar-refractivity contribution < 1.29 is 23.1 Å². The van der Waals surface area contributed by atoms with E-state index in [1.165, 1.54) is 4.90 Å². The lowest BCUT2D eigenvalue weighted by Gasteiger charge is -2.25. The highest BCUT2D eigenvalue weighted by molar-refractivity contribution is 5.76. The maximum absolute atomic E-state index is 12.4. The Hall–Kier alpha value is -1.57. The molecule has 1 aromatic heterocycles. The summed E-state index contributed by atoms with van der Waals surface area (Å²) in [4.78, 5) is 13.6. The molecule has 0 aliphatic carbocycles. The Labute approximate surface area is 114 Å². The fraction of sp³-hybridized carbons (Fsp3) is 0.667. The molecule has 20 heavy (non-hydrogen) atoms. The monoisotopic (exact) mass is 291 g/mol. The molecular weight excluding hydrogens is 275 g/mol. The lowest BCUT2D eigenvalue weighted by molar-refractivity contribution is -0.142. The van der Waals surface area contributed by atoms with E-state index in [-0.39, 0.29) is 31.0 Å². The Balaban J connectivity index is 2.03. The summed E-state index contributed by atoms with van der Waals surface area (Å²) in [7, 11) is 0. The Morgan fingerprint density at radius 3 is 2.80 bits per heavy atom. The molecule has 1 amide bonds. The van der Waals surface area contributed by atoms with Crippen LogP contribution in [0.5, 0.6) is 0 Å². The fourth-order valence-electron chi connectivity index (χ4n) is 2.43. The lowest BCUT2D eigenvalue weighted by Crippen LogP contribution is -2.41. The molecule has 0 aromatic carbocycles. The number of hydrogen-bond acceptors (Lipinski definition) is 3. The van der Waals surface area contributed by atoms with Crippen LogP contribution >= 0.6 is 0 Å². The van der Waals surface area contributed by atoms with Crippen LogP contribution in [0.3, 0.4) is 0 Å². The van der Waals surface area contributed by atoms with Crippen molar-refractivity contribution in [3.8, 4) is 0 Å². The molecule has 2 rings (SSSR count). The van der Waals surface area contributed by atoms with E-state index >= 15 is 0 Å². The summed E-state index contributed by atoms with van der Waals surface area (Å²) >= 11 is 0. The third-order valence-electron chi connectivity index (χ3n) is 3.62. The molecule has 1 fully saturated rings. The van der Waals surface area contributed by atoms with Gasteiger partial charge >= 0.3 is 6.18 Å². The summed E-state index contributed by atoms with van der Waals surface area (Å²) < 4.78 is 38.2. The molecule has 5 nitrogen and oxygen atoms in total. The van der Waals surface area contributed by atoms with Gasteiger partial charge in [-0.05, 0) is 18.4 Å². The molecule has 0 radical (unpaired) electrons. The van der Waals surface area contributed by atoms with Gasteiger partial charge in [0, 0.05) is 12.7 Å². The van der Waals surface area contributed by atoms with Crippen molar-refractivity contribution in [3.63, 3.8) is 0 Å². The molecule has 1 N–H and O–H groups in total. The fourth-order valence-corrected chi connectivity index (χ4v) is 2.43. The summed E-state index contributed by atoms with van der Waals surface area (Å²) in [5, 5.41) is 12.6. The van der Waals surface area contributed by atoms with Crippen LogP contribution in [-0.4, -0.2) is 44.9 Å². The van der Waals surface area contributed by atoms with Crippen molar-refractivity contribution in [1.29, 1.82) is 0 Å². The summed E-state index contributed by atoms with van der Waals surface area (Å²) in [6.45, 7) is 2.06. The number of halogens is 3. The van der Waals surface area contributed by atoms with Crippen LogP contribution in [0.4, 0.5) is 13.2 Å². The second-order valence-corrected chi connectivity index (χ2v) is 5.00. The van der Waals surface area contributed by atoms with E-state index in [2.05, 4.69) is 5.10 Å². The van der Waals surface area contributed by atoms with Gasteiger partial charge in [0.05, 0.1) is 12.6 Å². The standard InChI is InChI=1S/C12H16F3N3O2/c1-8-2-5-18(9(8)7-19)11(20)6-17-4-3-10(16-17)12(13,14)15/h3-4,8-9,19H,2,5-7H2,1H3. The van der Waals surface area contributed by atoms with Gasteiger partial charge in [-0.3, -0.25) is 9.48 Å². The molecule has 0 bridgehead atoms. The number of aliphatic hydroxyl groups is 1. The lowest BCUT2D eigenvalue weighted by atomic mass is 10.0. The Morgan fingerprint density at radius 1 is 1.55 bits per heavy atom. The molecule has 1 aliphatic rings. The van der Waals surface area contributed by atoms with Crippen molar-refractivity contribution in [2.45, 2.75) is 32.1 Å². The van der Waals surface area contributed by atoms with Gasteiger partial charge < -0.3 is 10.0 Å². The number of aliphatic hydroxyl groups excluding tert-OH is 1. The largest absolute Gasteiger partial charge is 0.435 e. The number of alkyl halides is 3. The average molecular weight is 291 g/mol. The first-order valence-electron chi connectivity index (χ1n) is 6.34. The van der Waals surface area contributed by atoms with Crippen LogP contribution in [0.1, 0.15) is 19.0 Å². The second-order valence-electron chi connectivity index (χ2n) is 5.00. The minimum absolute atomic E-state index is 0.139. The first-order valence-corrected chi connectivity index (χ1v) is 6.34. The van der Waals surface area contributed by atoms with Crippen LogP contribution in [0.2, 0.25) is 0 Å². The van der Waals surface area contributed by atoms with Gasteiger partial charge in [-0.25, -0.2) is 0 Å². The molecule has 1 aliphatic heterocycles. The van der Waals surface area contributed by atoms with E-state index in [1.54, 1.807) is 0 Å². The van der Waals surface area contributed by atoms with Crippen molar-refractivity contribution in [1.82, 2.24) is 14.7 Å². The number of aromatic nitrogens is 2. The molecule has 1 saturated heterocycles. The molecule has 0 saturated carbocycles. The molecule has 2 heterocycles. The van der Waals surface area contributed by atoms with Crippen molar-refractivity contribution in [2.75, 3.05) is 13.2 Å². The molecule has 112 valence electrons. The van der Waals surface area contributed by atoms with E-state index in [9.17, 15) is 23.1 Å². The van der Waals surface area contributed by atoms with Gasteiger partial charge in [0.15, 0.2) is 5.69 Å². The summed E-state index contributed by atoms with van der Waals surface area (Å²) in [6, 6.07) is 0.573. The topological polar surface area (TPSA) is 58.4 Å². The minimum Gasteiger partial charge on any atom is -0.394 e. The minimum atomic E-state index is -4.51. The number of nitrogens with zero attached hydrogens (tertiary/aromatic N) is 3. The SMILES string of the molecule is CC1CCN(C(=O)Cn2ccc(C(F)(F)F)n2)C1CO. The third kappa shape index (κ3) is 2.95. The van der Waals surface area contributed by atoms with Crippen LogP contribution in [0, 0.1) is 5.92 Å². The van der Waals surface area contributed by atoms with E-state index in [4.69, 9.17) is 0 Å². The van der Waals surface area contributed by atoms with Crippen LogP contribution in [-0.2, 0) is 17.5 Å². The van der Waals surface area contributed by atoms with E-state index < -0.39 is 11.9 Å². The summed E-state index contributed by atoms with van der Waals surface area (Å²) in [5.41, 5.74) is -1.02. The van der Waals surface area contributed by atoms with E-state index in [0.29, 0.717) is 6.54 Å². The maximum Gasteiger partial charge on any atom is 0.435 e. The van der Waals surface area contributed by atoms with E-state index in [0.717, 1.165) is 23.4 Å². The Kier molecular flexibility index (Phi) is 4.03. The summed E-state index contributed by atoms with van der Waals surface area (Å²) in [5.74, 6) is -0.141. The molecule has 8 heteroatoms. The Bertz CT molecular complexity index is 487. The zero-order valence-electron chi connectivity index (χ0n) is 11.0. The second kappa shape index (κ2) is 5.43. The van der Waals surface area contributed by atoms with Gasteiger partial charge in [-0.1, -0.05) is 6.92 Å². The molecular formula is C12H16F3N3O2. The van der Waals surface area contributed by atoms with Crippen LogP contribution in [0.15, 0.2) is 12.3 Å². The van der Waals surface area contributed by atoms with Crippen LogP contribution in [0.25, 0.3) is 0 Å². The summed E-state index contributed by atoms with van der Waals surface area (Å²) in [6.07, 6.45) is -2.60. The molecule has 2 unspecified atom stereocenters. The number of likely N-dealkylation sites (tertiary alicyclic amines) is 1. The zero-order chi connectivity index (χ0) is 14.9.